The van der Waals surface area contributed by atoms with Crippen LogP contribution >= 0.6 is 0 Å². The Hall–Kier alpha value is -3.48. The minimum Gasteiger partial charge on any atom is -0.355 e. The largest absolute Gasteiger partial charge is 0.355 e. The maximum absolute atomic E-state index is 12.3. The van der Waals surface area contributed by atoms with Gasteiger partial charge in [-0.05, 0) is 43.7 Å². The van der Waals surface area contributed by atoms with Gasteiger partial charge < -0.3 is 15.2 Å². The SMILES string of the molecule is CC(C)NC(=O)Cc1ccc(NC(=O)c2cc(-c3cccnc3)on2)cc1. The van der Waals surface area contributed by atoms with Gasteiger partial charge in [0.2, 0.25) is 5.91 Å². The first-order valence-corrected chi connectivity index (χ1v) is 8.58. The highest BCUT2D eigenvalue weighted by Gasteiger charge is 2.14. The fourth-order valence-electron chi connectivity index (χ4n) is 2.49. The van der Waals surface area contributed by atoms with Crippen molar-refractivity contribution in [1.82, 2.24) is 15.5 Å². The molecule has 0 aliphatic carbocycles. The number of aromatic nitrogens is 2. The van der Waals surface area contributed by atoms with Crippen LogP contribution in [-0.2, 0) is 11.2 Å². The lowest BCUT2D eigenvalue weighted by molar-refractivity contribution is -0.120. The van der Waals surface area contributed by atoms with E-state index in [1.165, 1.54) is 0 Å². The molecular weight excluding hydrogens is 344 g/mol. The second-order valence-corrected chi connectivity index (χ2v) is 6.37. The lowest BCUT2D eigenvalue weighted by atomic mass is 10.1. The van der Waals surface area contributed by atoms with Gasteiger partial charge in [-0.3, -0.25) is 14.6 Å². The summed E-state index contributed by atoms with van der Waals surface area (Å²) in [5.41, 5.74) is 2.40. The van der Waals surface area contributed by atoms with Gasteiger partial charge in [0.15, 0.2) is 11.5 Å². The van der Waals surface area contributed by atoms with Gasteiger partial charge in [-0.2, -0.15) is 0 Å². The predicted molar refractivity (Wildman–Crippen MR) is 101 cm³/mol. The molecule has 0 radical (unpaired) electrons. The predicted octanol–water partition coefficient (Wildman–Crippen LogP) is 3.06. The zero-order valence-corrected chi connectivity index (χ0v) is 15.1. The maximum Gasteiger partial charge on any atom is 0.277 e. The fraction of sp³-hybridized carbons (Fsp3) is 0.200. The van der Waals surface area contributed by atoms with Crippen LogP contribution in [0, 0.1) is 0 Å². The molecule has 0 aliphatic rings. The smallest absolute Gasteiger partial charge is 0.277 e. The number of anilines is 1. The van der Waals surface area contributed by atoms with Gasteiger partial charge in [-0.25, -0.2) is 0 Å². The van der Waals surface area contributed by atoms with Gasteiger partial charge in [0, 0.05) is 35.8 Å². The minimum atomic E-state index is -0.376. The molecule has 0 fully saturated rings. The summed E-state index contributed by atoms with van der Waals surface area (Å²) >= 11 is 0. The molecule has 2 N–H and O–H groups in total. The quantitative estimate of drug-likeness (QED) is 0.701. The van der Waals surface area contributed by atoms with Crippen molar-refractivity contribution in [1.29, 1.82) is 0 Å². The van der Waals surface area contributed by atoms with E-state index in [4.69, 9.17) is 4.52 Å². The van der Waals surface area contributed by atoms with E-state index in [0.29, 0.717) is 17.9 Å². The minimum absolute atomic E-state index is 0.0349. The summed E-state index contributed by atoms with van der Waals surface area (Å²) in [6.45, 7) is 3.83. The summed E-state index contributed by atoms with van der Waals surface area (Å²) in [4.78, 5) is 28.1. The molecule has 0 saturated carbocycles. The Kier molecular flexibility index (Phi) is 5.61. The fourth-order valence-corrected chi connectivity index (χ4v) is 2.49. The zero-order valence-electron chi connectivity index (χ0n) is 15.1. The molecule has 0 bridgehead atoms. The van der Waals surface area contributed by atoms with Crippen molar-refractivity contribution >= 4 is 17.5 Å². The molecule has 0 saturated heterocycles. The molecule has 0 spiro atoms. The molecule has 7 heteroatoms. The van der Waals surface area contributed by atoms with Crippen LogP contribution < -0.4 is 10.6 Å². The Morgan fingerprint density at radius 2 is 1.93 bits per heavy atom. The second kappa shape index (κ2) is 8.27. The lowest BCUT2D eigenvalue weighted by Gasteiger charge is -2.09. The van der Waals surface area contributed by atoms with Crippen molar-refractivity contribution in [3.05, 3.63) is 66.1 Å². The summed E-state index contributed by atoms with van der Waals surface area (Å²) < 4.78 is 5.21. The third-order valence-corrected chi connectivity index (χ3v) is 3.71. The molecule has 3 rings (SSSR count). The third kappa shape index (κ3) is 5.01. The van der Waals surface area contributed by atoms with E-state index in [1.807, 2.05) is 19.9 Å². The Balaban J connectivity index is 1.61. The number of nitrogens with zero attached hydrogens (tertiary/aromatic N) is 2. The Bertz CT molecular complexity index is 918. The molecule has 0 atom stereocenters. The van der Waals surface area contributed by atoms with Crippen LogP contribution in [0.15, 0.2) is 59.4 Å². The van der Waals surface area contributed by atoms with Crippen LogP contribution in [0.1, 0.15) is 29.9 Å². The highest BCUT2D eigenvalue weighted by molar-refractivity contribution is 6.03. The van der Waals surface area contributed by atoms with Gasteiger partial charge in [-0.15, -0.1) is 0 Å². The van der Waals surface area contributed by atoms with Crippen LogP contribution in [0.3, 0.4) is 0 Å². The first kappa shape index (κ1) is 18.3. The van der Waals surface area contributed by atoms with Crippen LogP contribution in [0.5, 0.6) is 0 Å². The lowest BCUT2D eigenvalue weighted by Crippen LogP contribution is -2.31. The van der Waals surface area contributed by atoms with E-state index >= 15 is 0 Å². The molecule has 0 unspecified atom stereocenters. The van der Waals surface area contributed by atoms with Gasteiger partial charge >= 0.3 is 0 Å². The number of benzene rings is 1. The number of carbonyl (C=O) groups is 2. The molecule has 2 heterocycles. The van der Waals surface area contributed by atoms with Crippen LogP contribution in [0.2, 0.25) is 0 Å². The van der Waals surface area contributed by atoms with Crippen molar-refractivity contribution in [2.75, 3.05) is 5.32 Å². The van der Waals surface area contributed by atoms with E-state index in [2.05, 4.69) is 20.8 Å². The Morgan fingerprint density at radius 1 is 1.15 bits per heavy atom. The normalized spacial score (nSPS) is 10.6. The third-order valence-electron chi connectivity index (χ3n) is 3.71. The average molecular weight is 364 g/mol. The van der Waals surface area contributed by atoms with E-state index in [0.717, 1.165) is 11.1 Å². The molecule has 1 aromatic carbocycles. The number of carbonyl (C=O) groups excluding carboxylic acids is 2. The highest BCUT2D eigenvalue weighted by atomic mass is 16.5. The number of amides is 2. The van der Waals surface area contributed by atoms with Crippen molar-refractivity contribution in [3.8, 4) is 11.3 Å². The standard InChI is InChI=1S/C20H20N4O3/c1-13(2)22-19(25)10-14-5-7-16(8-6-14)23-20(26)17-11-18(27-24-17)15-4-3-9-21-12-15/h3-9,11-13H,10H2,1-2H3,(H,22,25)(H,23,26). The summed E-state index contributed by atoms with van der Waals surface area (Å²) in [7, 11) is 0. The first-order chi connectivity index (χ1) is 13.0. The number of pyridine rings is 1. The Morgan fingerprint density at radius 3 is 2.59 bits per heavy atom. The van der Waals surface area contributed by atoms with Gasteiger partial charge in [-0.1, -0.05) is 17.3 Å². The van der Waals surface area contributed by atoms with Crippen molar-refractivity contribution < 1.29 is 14.1 Å². The van der Waals surface area contributed by atoms with E-state index in [9.17, 15) is 9.59 Å². The molecule has 0 aliphatic heterocycles. The number of hydrogen-bond acceptors (Lipinski definition) is 5. The van der Waals surface area contributed by atoms with Crippen LogP contribution in [0.4, 0.5) is 5.69 Å². The number of hydrogen-bond donors (Lipinski definition) is 2. The van der Waals surface area contributed by atoms with E-state index in [1.54, 1.807) is 48.8 Å². The molecule has 138 valence electrons. The molecule has 2 amide bonds. The number of rotatable bonds is 6. The molecule has 7 nitrogen and oxygen atoms in total. The van der Waals surface area contributed by atoms with E-state index in [-0.39, 0.29) is 23.6 Å². The maximum atomic E-state index is 12.3. The zero-order chi connectivity index (χ0) is 19.2. The van der Waals surface area contributed by atoms with E-state index < -0.39 is 0 Å². The van der Waals surface area contributed by atoms with Gasteiger partial charge in [0.05, 0.1) is 6.42 Å². The second-order valence-electron chi connectivity index (χ2n) is 6.37. The average Bonchev–Trinajstić information content (AvgIpc) is 3.14. The molecule has 2 aromatic heterocycles. The summed E-state index contributed by atoms with van der Waals surface area (Å²) in [6, 6.07) is 12.4. The van der Waals surface area contributed by atoms with Crippen LogP contribution in [0.25, 0.3) is 11.3 Å². The van der Waals surface area contributed by atoms with Gasteiger partial charge in [0.25, 0.3) is 5.91 Å². The van der Waals surface area contributed by atoms with Crippen LogP contribution in [-0.4, -0.2) is 28.0 Å². The topological polar surface area (TPSA) is 97.1 Å². The van der Waals surface area contributed by atoms with Crippen molar-refractivity contribution in [3.63, 3.8) is 0 Å². The van der Waals surface area contributed by atoms with Gasteiger partial charge in [0.1, 0.15) is 0 Å². The number of nitrogens with one attached hydrogen (secondary N) is 2. The van der Waals surface area contributed by atoms with Crippen molar-refractivity contribution in [2.45, 2.75) is 26.3 Å². The summed E-state index contributed by atoms with van der Waals surface area (Å²) in [6.07, 6.45) is 3.59. The monoisotopic (exact) mass is 364 g/mol. The molecule has 3 aromatic rings. The summed E-state index contributed by atoms with van der Waals surface area (Å²) in [5, 5.41) is 9.41. The Labute approximate surface area is 156 Å². The molecular formula is C20H20N4O3. The first-order valence-electron chi connectivity index (χ1n) is 8.58. The molecule has 27 heavy (non-hydrogen) atoms. The summed E-state index contributed by atoms with van der Waals surface area (Å²) in [5.74, 6) is 0.0614. The van der Waals surface area contributed by atoms with Crippen molar-refractivity contribution in [2.24, 2.45) is 0 Å². The highest BCUT2D eigenvalue weighted by Crippen LogP contribution is 2.19.